The van der Waals surface area contributed by atoms with Gasteiger partial charge in [-0.25, -0.2) is 0 Å². The van der Waals surface area contributed by atoms with Crippen molar-refractivity contribution < 1.29 is 13.9 Å². The van der Waals surface area contributed by atoms with Gasteiger partial charge in [0.15, 0.2) is 0 Å². The number of ether oxygens (including phenoxy) is 2. The highest BCUT2D eigenvalue weighted by atomic mass is 35.5. The zero-order valence-electron chi connectivity index (χ0n) is 16.8. The molecule has 1 unspecified atom stereocenters. The molecule has 1 heterocycles. The smallest absolute Gasteiger partial charge is 0.247 e. The quantitative estimate of drug-likeness (QED) is 0.354. The molecular weight excluding hydrogens is 437 g/mol. The van der Waals surface area contributed by atoms with Crippen molar-refractivity contribution in [3.8, 4) is 23.0 Å². The van der Waals surface area contributed by atoms with Crippen LogP contribution in [-0.4, -0.2) is 24.4 Å². The van der Waals surface area contributed by atoms with Crippen LogP contribution >= 0.6 is 23.2 Å². The first-order valence-corrected chi connectivity index (χ1v) is 10.2. The van der Waals surface area contributed by atoms with E-state index in [0.717, 1.165) is 11.1 Å². The summed E-state index contributed by atoms with van der Waals surface area (Å²) in [6, 6.07) is 19.9. The Morgan fingerprint density at radius 2 is 1.65 bits per heavy atom. The van der Waals surface area contributed by atoms with Crippen molar-refractivity contribution in [2.75, 3.05) is 19.5 Å². The van der Waals surface area contributed by atoms with Crippen LogP contribution in [0.4, 0.5) is 5.69 Å². The molecule has 0 spiro atoms. The van der Waals surface area contributed by atoms with Gasteiger partial charge in [0.2, 0.25) is 11.8 Å². The van der Waals surface area contributed by atoms with E-state index >= 15 is 0 Å². The number of aromatic nitrogens is 2. The van der Waals surface area contributed by atoms with E-state index in [2.05, 4.69) is 15.5 Å². The van der Waals surface area contributed by atoms with Crippen LogP contribution in [0.1, 0.15) is 17.5 Å². The highest BCUT2D eigenvalue weighted by Crippen LogP contribution is 2.39. The molecule has 1 N–H and O–H groups in total. The molecule has 0 amide bonds. The van der Waals surface area contributed by atoms with Crippen molar-refractivity contribution in [2.45, 2.75) is 6.04 Å². The van der Waals surface area contributed by atoms with Crippen LogP contribution in [-0.2, 0) is 0 Å². The molecular formula is C23H19Cl2N3O3. The number of hydrogen-bond acceptors (Lipinski definition) is 6. The van der Waals surface area contributed by atoms with Crippen LogP contribution in [0, 0.1) is 0 Å². The van der Waals surface area contributed by atoms with Crippen molar-refractivity contribution in [3.63, 3.8) is 0 Å². The van der Waals surface area contributed by atoms with Crippen LogP contribution in [0.15, 0.2) is 71.1 Å². The molecule has 0 radical (unpaired) electrons. The van der Waals surface area contributed by atoms with E-state index in [-0.39, 0.29) is 0 Å². The largest absolute Gasteiger partial charge is 0.495 e. The van der Waals surface area contributed by atoms with Crippen LogP contribution in [0.5, 0.6) is 11.5 Å². The van der Waals surface area contributed by atoms with Gasteiger partial charge in [0.25, 0.3) is 0 Å². The third-order valence-corrected chi connectivity index (χ3v) is 5.19. The summed E-state index contributed by atoms with van der Waals surface area (Å²) >= 11 is 12.6. The lowest BCUT2D eigenvalue weighted by Crippen LogP contribution is -2.14. The molecule has 6 nitrogen and oxygen atoms in total. The molecule has 0 saturated heterocycles. The Labute approximate surface area is 189 Å². The second-order valence-corrected chi connectivity index (χ2v) is 7.47. The average molecular weight is 456 g/mol. The minimum Gasteiger partial charge on any atom is -0.495 e. The Bertz CT molecular complexity index is 1180. The van der Waals surface area contributed by atoms with E-state index in [1.807, 2.05) is 48.5 Å². The summed E-state index contributed by atoms with van der Waals surface area (Å²) < 4.78 is 16.8. The molecule has 158 valence electrons. The fourth-order valence-electron chi connectivity index (χ4n) is 3.15. The number of nitrogens with zero attached hydrogens (tertiary/aromatic N) is 2. The zero-order valence-corrected chi connectivity index (χ0v) is 18.3. The molecule has 8 heteroatoms. The number of anilines is 1. The second kappa shape index (κ2) is 9.29. The lowest BCUT2D eigenvalue weighted by atomic mass is 10.1. The average Bonchev–Trinajstić information content (AvgIpc) is 3.28. The molecule has 0 aliphatic rings. The molecule has 0 aliphatic heterocycles. The summed E-state index contributed by atoms with van der Waals surface area (Å²) in [5.41, 5.74) is 2.30. The van der Waals surface area contributed by atoms with Gasteiger partial charge in [0, 0.05) is 16.7 Å². The number of benzene rings is 3. The van der Waals surface area contributed by atoms with Crippen LogP contribution < -0.4 is 14.8 Å². The monoisotopic (exact) mass is 455 g/mol. The molecule has 0 fully saturated rings. The summed E-state index contributed by atoms with van der Waals surface area (Å²) in [6.45, 7) is 0. The van der Waals surface area contributed by atoms with E-state index in [1.54, 1.807) is 32.4 Å². The number of halogens is 2. The van der Waals surface area contributed by atoms with Gasteiger partial charge in [-0.1, -0.05) is 53.5 Å². The zero-order chi connectivity index (χ0) is 21.8. The molecule has 4 rings (SSSR count). The summed E-state index contributed by atoms with van der Waals surface area (Å²) in [5.74, 6) is 1.85. The molecule has 0 bridgehead atoms. The Morgan fingerprint density at radius 3 is 2.35 bits per heavy atom. The number of hydrogen-bond donors (Lipinski definition) is 1. The molecule has 4 aromatic rings. The Hall–Kier alpha value is -3.22. The Kier molecular flexibility index (Phi) is 6.30. The number of rotatable bonds is 7. The first-order chi connectivity index (χ1) is 15.1. The number of nitrogens with one attached hydrogen (secondary N) is 1. The maximum absolute atomic E-state index is 6.35. The maximum Gasteiger partial charge on any atom is 0.247 e. The summed E-state index contributed by atoms with van der Waals surface area (Å²) in [6.07, 6.45) is 0. The van der Waals surface area contributed by atoms with Crippen LogP contribution in [0.25, 0.3) is 11.5 Å². The third-order valence-electron chi connectivity index (χ3n) is 4.66. The van der Waals surface area contributed by atoms with Gasteiger partial charge >= 0.3 is 0 Å². The Morgan fingerprint density at radius 1 is 0.871 bits per heavy atom. The second-order valence-electron chi connectivity index (χ2n) is 6.63. The SMILES string of the molecule is COc1cc(OC)c(NC(c2cccc(Cl)c2)c2nnc(-c3ccccc3)o2)cc1Cl. The highest BCUT2D eigenvalue weighted by molar-refractivity contribution is 6.32. The van der Waals surface area contributed by atoms with E-state index in [1.165, 1.54) is 0 Å². The van der Waals surface area contributed by atoms with Crippen molar-refractivity contribution >= 4 is 28.9 Å². The van der Waals surface area contributed by atoms with Gasteiger partial charge in [-0.15, -0.1) is 10.2 Å². The van der Waals surface area contributed by atoms with Gasteiger partial charge in [0.05, 0.1) is 24.9 Å². The molecule has 0 aliphatic carbocycles. The van der Waals surface area contributed by atoms with Gasteiger partial charge in [-0.05, 0) is 35.9 Å². The minimum absolute atomic E-state index is 0.370. The van der Waals surface area contributed by atoms with Crippen molar-refractivity contribution in [1.82, 2.24) is 10.2 Å². The van der Waals surface area contributed by atoms with Crippen molar-refractivity contribution in [2.24, 2.45) is 0 Å². The minimum atomic E-state index is -0.498. The maximum atomic E-state index is 6.35. The molecule has 0 saturated carbocycles. The summed E-state index contributed by atoms with van der Waals surface area (Å²) in [7, 11) is 3.12. The van der Waals surface area contributed by atoms with Gasteiger partial charge in [-0.3, -0.25) is 0 Å². The van der Waals surface area contributed by atoms with Crippen LogP contribution in [0.3, 0.4) is 0 Å². The fourth-order valence-corrected chi connectivity index (χ4v) is 3.59. The van der Waals surface area contributed by atoms with Crippen LogP contribution in [0.2, 0.25) is 10.0 Å². The van der Waals surface area contributed by atoms with E-state index in [0.29, 0.717) is 39.0 Å². The molecule has 31 heavy (non-hydrogen) atoms. The van der Waals surface area contributed by atoms with Gasteiger partial charge in [0.1, 0.15) is 17.5 Å². The predicted octanol–water partition coefficient (Wildman–Crippen LogP) is 6.26. The lowest BCUT2D eigenvalue weighted by Gasteiger charge is -2.20. The van der Waals surface area contributed by atoms with Crippen molar-refractivity contribution in [1.29, 1.82) is 0 Å². The molecule has 3 aromatic carbocycles. The molecule has 1 aromatic heterocycles. The number of methoxy groups -OCH3 is 2. The lowest BCUT2D eigenvalue weighted by molar-refractivity contribution is 0.395. The fraction of sp³-hybridized carbons (Fsp3) is 0.130. The first-order valence-electron chi connectivity index (χ1n) is 9.41. The Balaban J connectivity index is 1.77. The van der Waals surface area contributed by atoms with E-state index < -0.39 is 6.04 Å². The highest BCUT2D eigenvalue weighted by Gasteiger charge is 2.24. The standard InChI is InChI=1S/C23H19Cl2N3O3/c1-29-19-13-20(30-2)18(12-17(19)25)26-21(15-9-6-10-16(24)11-15)23-28-27-22(31-23)14-7-4-3-5-8-14/h3-13,21,26H,1-2H3. The van der Waals surface area contributed by atoms with E-state index in [4.69, 9.17) is 37.1 Å². The normalized spacial score (nSPS) is 11.7. The molecule has 1 atom stereocenters. The van der Waals surface area contributed by atoms with Gasteiger partial charge in [-0.2, -0.15) is 0 Å². The van der Waals surface area contributed by atoms with E-state index in [9.17, 15) is 0 Å². The summed E-state index contributed by atoms with van der Waals surface area (Å²) in [5, 5.41) is 12.9. The topological polar surface area (TPSA) is 69.4 Å². The first kappa shape index (κ1) is 21.0. The summed E-state index contributed by atoms with van der Waals surface area (Å²) in [4.78, 5) is 0. The van der Waals surface area contributed by atoms with Crippen molar-refractivity contribution in [3.05, 3.63) is 88.2 Å². The predicted molar refractivity (Wildman–Crippen MR) is 121 cm³/mol. The van der Waals surface area contributed by atoms with Gasteiger partial charge < -0.3 is 19.2 Å². The third kappa shape index (κ3) is 4.60.